The highest BCUT2D eigenvalue weighted by molar-refractivity contribution is 6.16. The van der Waals surface area contributed by atoms with Gasteiger partial charge in [-0.2, -0.15) is 0 Å². The van der Waals surface area contributed by atoms with Gasteiger partial charge in [-0.15, -0.1) is 0 Å². The summed E-state index contributed by atoms with van der Waals surface area (Å²) >= 11 is 0. The smallest absolute Gasteiger partial charge is 0.209 e. The Morgan fingerprint density at radius 3 is 1.85 bits per heavy atom. The molecule has 0 aromatic heterocycles. The van der Waals surface area contributed by atoms with Crippen molar-refractivity contribution in [3.63, 3.8) is 0 Å². The molecule has 0 amide bonds. The molecule has 0 heterocycles. The third-order valence-corrected chi connectivity index (χ3v) is 3.76. The first-order chi connectivity index (χ1) is 12.6. The van der Waals surface area contributed by atoms with Crippen molar-refractivity contribution in [3.05, 3.63) is 108 Å². The largest absolute Gasteiger partial charge is 0.508 e. The zero-order valence-corrected chi connectivity index (χ0v) is 13.9. The molecular formula is C22H17NO3. The molecule has 0 aliphatic rings. The molecule has 3 aromatic rings. The molecule has 0 saturated carbocycles. The first kappa shape index (κ1) is 17.2. The third-order valence-electron chi connectivity index (χ3n) is 3.76. The van der Waals surface area contributed by atoms with Crippen LogP contribution < -0.4 is 5.32 Å². The van der Waals surface area contributed by atoms with Gasteiger partial charge in [0.15, 0.2) is 5.78 Å². The summed E-state index contributed by atoms with van der Waals surface area (Å²) < 4.78 is 0. The van der Waals surface area contributed by atoms with Crippen LogP contribution in [0.25, 0.3) is 0 Å². The summed E-state index contributed by atoms with van der Waals surface area (Å²) in [4.78, 5) is 25.4. The van der Waals surface area contributed by atoms with E-state index < -0.39 is 0 Å². The summed E-state index contributed by atoms with van der Waals surface area (Å²) in [6, 6.07) is 23.8. The summed E-state index contributed by atoms with van der Waals surface area (Å²) in [6.45, 7) is 0. The van der Waals surface area contributed by atoms with E-state index in [4.69, 9.17) is 0 Å². The number of phenols is 1. The van der Waals surface area contributed by atoms with Gasteiger partial charge in [0.2, 0.25) is 5.78 Å². The lowest BCUT2D eigenvalue weighted by Crippen LogP contribution is -2.14. The second-order valence-corrected chi connectivity index (χ2v) is 5.66. The topological polar surface area (TPSA) is 66.4 Å². The highest BCUT2D eigenvalue weighted by Crippen LogP contribution is 2.18. The Bertz CT molecular complexity index is 930. The highest BCUT2D eigenvalue weighted by Gasteiger charge is 2.15. The van der Waals surface area contributed by atoms with E-state index in [1.165, 1.54) is 18.2 Å². The van der Waals surface area contributed by atoms with Gasteiger partial charge in [0.25, 0.3) is 0 Å². The van der Waals surface area contributed by atoms with Crippen LogP contribution in [0.5, 0.6) is 5.75 Å². The van der Waals surface area contributed by atoms with Gasteiger partial charge in [-0.3, -0.25) is 9.59 Å². The zero-order chi connectivity index (χ0) is 18.4. The maximum absolute atomic E-state index is 12.9. The van der Waals surface area contributed by atoms with Crippen molar-refractivity contribution in [1.82, 2.24) is 0 Å². The number of allylic oxidation sites excluding steroid dienone is 2. The fourth-order valence-electron chi connectivity index (χ4n) is 2.42. The van der Waals surface area contributed by atoms with E-state index in [9.17, 15) is 14.7 Å². The minimum absolute atomic E-state index is 0.121. The molecular weight excluding hydrogens is 326 g/mol. The molecule has 128 valence electrons. The summed E-state index contributed by atoms with van der Waals surface area (Å²) in [5.74, 6) is -0.435. The minimum Gasteiger partial charge on any atom is -0.508 e. The number of hydrogen-bond donors (Lipinski definition) is 2. The number of anilines is 1. The van der Waals surface area contributed by atoms with Crippen molar-refractivity contribution in [2.45, 2.75) is 0 Å². The zero-order valence-electron chi connectivity index (χ0n) is 13.9. The first-order valence-corrected chi connectivity index (χ1v) is 8.10. The van der Waals surface area contributed by atoms with E-state index in [1.807, 2.05) is 12.1 Å². The average Bonchev–Trinajstić information content (AvgIpc) is 2.70. The van der Waals surface area contributed by atoms with Crippen molar-refractivity contribution in [1.29, 1.82) is 0 Å². The quantitative estimate of drug-likeness (QED) is 0.394. The molecule has 2 N–H and O–H groups in total. The molecule has 0 fully saturated rings. The van der Waals surface area contributed by atoms with E-state index in [0.29, 0.717) is 16.8 Å². The molecule has 26 heavy (non-hydrogen) atoms. The van der Waals surface area contributed by atoms with Gasteiger partial charge in [-0.1, -0.05) is 60.7 Å². The van der Waals surface area contributed by atoms with Crippen LogP contribution in [0.3, 0.4) is 0 Å². The number of benzene rings is 3. The maximum Gasteiger partial charge on any atom is 0.209 e. The maximum atomic E-state index is 12.9. The number of nitrogens with one attached hydrogen (secondary N) is 1. The number of carbonyl (C=O) groups is 2. The monoisotopic (exact) mass is 343 g/mol. The average molecular weight is 343 g/mol. The number of hydrogen-bond acceptors (Lipinski definition) is 4. The van der Waals surface area contributed by atoms with Gasteiger partial charge in [0, 0.05) is 22.9 Å². The van der Waals surface area contributed by atoms with Crippen LogP contribution in [0.4, 0.5) is 5.69 Å². The van der Waals surface area contributed by atoms with Crippen molar-refractivity contribution in [3.8, 4) is 5.75 Å². The summed E-state index contributed by atoms with van der Waals surface area (Å²) in [5, 5.41) is 12.4. The molecule has 0 atom stereocenters. The molecule has 0 saturated heterocycles. The van der Waals surface area contributed by atoms with Gasteiger partial charge in [-0.05, 0) is 24.3 Å². The molecule has 4 heteroatoms. The van der Waals surface area contributed by atoms with Crippen LogP contribution >= 0.6 is 0 Å². The number of rotatable bonds is 6. The normalized spacial score (nSPS) is 11.0. The van der Waals surface area contributed by atoms with Crippen molar-refractivity contribution >= 4 is 17.3 Å². The number of carbonyl (C=O) groups excluding carboxylic acids is 2. The Kier molecular flexibility index (Phi) is 5.25. The highest BCUT2D eigenvalue weighted by atomic mass is 16.3. The van der Waals surface area contributed by atoms with Crippen LogP contribution in [-0.4, -0.2) is 16.7 Å². The molecule has 0 aliphatic heterocycles. The fourth-order valence-corrected chi connectivity index (χ4v) is 2.42. The van der Waals surface area contributed by atoms with Crippen LogP contribution in [0.1, 0.15) is 20.7 Å². The van der Waals surface area contributed by atoms with Crippen LogP contribution in [0.2, 0.25) is 0 Å². The van der Waals surface area contributed by atoms with E-state index in [-0.39, 0.29) is 23.0 Å². The Hall–Kier alpha value is -3.66. The van der Waals surface area contributed by atoms with Crippen LogP contribution in [0, 0.1) is 0 Å². The number of aromatic hydroxyl groups is 1. The molecule has 0 spiro atoms. The predicted octanol–water partition coefficient (Wildman–Crippen LogP) is 4.45. The molecule has 0 radical (unpaired) electrons. The Labute approximate surface area is 151 Å². The molecule has 0 unspecified atom stereocenters. The lowest BCUT2D eigenvalue weighted by molar-refractivity contribution is 0.101. The van der Waals surface area contributed by atoms with Crippen LogP contribution in [0.15, 0.2) is 96.7 Å². The molecule has 3 rings (SSSR count). The van der Waals surface area contributed by atoms with Gasteiger partial charge in [-0.25, -0.2) is 0 Å². The van der Waals surface area contributed by atoms with E-state index in [1.54, 1.807) is 60.7 Å². The number of ketones is 2. The SMILES string of the molecule is O=C(/C=C(\Nc1ccc(O)cc1)C(=O)c1ccccc1)c1ccccc1. The van der Waals surface area contributed by atoms with Gasteiger partial charge in [0.05, 0.1) is 5.70 Å². The summed E-state index contributed by atoms with van der Waals surface area (Å²) in [7, 11) is 0. The van der Waals surface area contributed by atoms with E-state index in [2.05, 4.69) is 5.32 Å². The number of Topliss-reactive ketones (excluding diaryl/α,β-unsaturated/α-hetero) is 1. The van der Waals surface area contributed by atoms with Gasteiger partial charge < -0.3 is 10.4 Å². The molecule has 4 nitrogen and oxygen atoms in total. The van der Waals surface area contributed by atoms with Crippen molar-refractivity contribution < 1.29 is 14.7 Å². The third kappa shape index (κ3) is 4.24. The molecule has 0 aliphatic carbocycles. The fraction of sp³-hybridized carbons (Fsp3) is 0. The minimum atomic E-state index is -0.289. The standard InChI is InChI=1S/C22H17NO3/c24-19-13-11-18(12-14-19)23-20(22(26)17-9-5-2-6-10-17)15-21(25)16-7-3-1-4-8-16/h1-15,23-24H/b20-15-. The summed E-state index contributed by atoms with van der Waals surface area (Å²) in [5.41, 5.74) is 1.74. The number of phenolic OH excluding ortho intramolecular Hbond substituents is 1. The lowest BCUT2D eigenvalue weighted by Gasteiger charge is -2.11. The van der Waals surface area contributed by atoms with Gasteiger partial charge in [0.1, 0.15) is 5.75 Å². The lowest BCUT2D eigenvalue weighted by atomic mass is 10.0. The Balaban J connectivity index is 1.95. The second kappa shape index (κ2) is 7.94. The summed E-state index contributed by atoms with van der Waals surface area (Å²) in [6.07, 6.45) is 1.30. The first-order valence-electron chi connectivity index (χ1n) is 8.10. The second-order valence-electron chi connectivity index (χ2n) is 5.66. The van der Waals surface area contributed by atoms with Crippen molar-refractivity contribution in [2.24, 2.45) is 0 Å². The van der Waals surface area contributed by atoms with Crippen LogP contribution in [-0.2, 0) is 0 Å². The Morgan fingerprint density at radius 2 is 1.27 bits per heavy atom. The van der Waals surface area contributed by atoms with E-state index in [0.717, 1.165) is 0 Å². The Morgan fingerprint density at radius 1 is 0.731 bits per heavy atom. The molecule has 3 aromatic carbocycles. The predicted molar refractivity (Wildman–Crippen MR) is 101 cm³/mol. The van der Waals surface area contributed by atoms with E-state index >= 15 is 0 Å². The van der Waals surface area contributed by atoms with Crippen molar-refractivity contribution in [2.75, 3.05) is 5.32 Å². The van der Waals surface area contributed by atoms with Gasteiger partial charge >= 0.3 is 0 Å². The molecule has 0 bridgehead atoms.